The number of carbonyl (C=O) groups is 1. The summed E-state index contributed by atoms with van der Waals surface area (Å²) in [5.74, 6) is -1.78. The second kappa shape index (κ2) is 4.75. The number of hydrogen-bond donors (Lipinski definition) is 1. The molecular formula is C13H15F3N2O. The molecule has 1 aliphatic heterocycles. The first-order chi connectivity index (χ1) is 8.82. The van der Waals surface area contributed by atoms with Crippen LogP contribution < -0.4 is 5.73 Å². The predicted molar refractivity (Wildman–Crippen MR) is 65.4 cm³/mol. The Kier molecular flexibility index (Phi) is 3.43. The van der Waals surface area contributed by atoms with Crippen molar-refractivity contribution in [2.24, 2.45) is 0 Å². The molecule has 1 aromatic rings. The van der Waals surface area contributed by atoms with Gasteiger partial charge in [0.1, 0.15) is 0 Å². The summed E-state index contributed by atoms with van der Waals surface area (Å²) >= 11 is 0. The summed E-state index contributed by atoms with van der Waals surface area (Å²) in [6.45, 7) is 2.04. The number of benzene rings is 1. The van der Waals surface area contributed by atoms with Crippen molar-refractivity contribution < 1.29 is 18.0 Å². The molecule has 3 nitrogen and oxygen atoms in total. The fourth-order valence-electron chi connectivity index (χ4n) is 2.34. The summed E-state index contributed by atoms with van der Waals surface area (Å²) in [7, 11) is 0. The number of alkyl halides is 3. The van der Waals surface area contributed by atoms with Crippen molar-refractivity contribution >= 4 is 11.6 Å². The molecule has 2 N–H and O–H groups in total. The van der Waals surface area contributed by atoms with E-state index in [-0.39, 0.29) is 13.1 Å². The average molecular weight is 272 g/mol. The Morgan fingerprint density at radius 2 is 2.05 bits per heavy atom. The van der Waals surface area contributed by atoms with E-state index in [1.165, 1.54) is 0 Å². The smallest absolute Gasteiger partial charge is 0.398 e. The fourth-order valence-corrected chi connectivity index (χ4v) is 2.34. The maximum absolute atomic E-state index is 12.4. The number of nitrogen functional groups attached to an aromatic ring is 1. The lowest BCUT2D eigenvalue weighted by molar-refractivity contribution is -0.186. The summed E-state index contributed by atoms with van der Waals surface area (Å²) in [4.78, 5) is 12.0. The van der Waals surface area contributed by atoms with Gasteiger partial charge in [-0.05, 0) is 35.6 Å². The van der Waals surface area contributed by atoms with Gasteiger partial charge in [-0.2, -0.15) is 13.2 Å². The minimum absolute atomic E-state index is 0.0259. The molecule has 0 spiro atoms. The zero-order valence-corrected chi connectivity index (χ0v) is 10.5. The molecule has 0 aromatic heterocycles. The van der Waals surface area contributed by atoms with E-state index in [0.717, 1.165) is 22.4 Å². The molecule has 0 bridgehead atoms. The number of hydrogen-bond acceptors (Lipinski definition) is 2. The molecule has 1 heterocycles. The van der Waals surface area contributed by atoms with Crippen LogP contribution in [0.5, 0.6) is 0 Å². The van der Waals surface area contributed by atoms with Crippen LogP contribution in [0.15, 0.2) is 12.1 Å². The molecule has 0 radical (unpaired) electrons. The van der Waals surface area contributed by atoms with E-state index in [0.29, 0.717) is 17.7 Å². The normalized spacial score (nSPS) is 15.3. The molecule has 1 aliphatic rings. The monoisotopic (exact) mass is 272 g/mol. The average Bonchev–Trinajstić information content (AvgIpc) is 2.35. The molecule has 19 heavy (non-hydrogen) atoms. The van der Waals surface area contributed by atoms with Crippen LogP contribution in [0.4, 0.5) is 18.9 Å². The Morgan fingerprint density at radius 3 is 2.63 bits per heavy atom. The number of nitrogens with zero attached hydrogens (tertiary/aromatic N) is 1. The maximum atomic E-state index is 12.4. The first-order valence-corrected chi connectivity index (χ1v) is 6.09. The van der Waals surface area contributed by atoms with Gasteiger partial charge in [0.15, 0.2) is 0 Å². The molecule has 1 amide bonds. The Balaban J connectivity index is 2.25. The van der Waals surface area contributed by atoms with Crippen molar-refractivity contribution in [1.29, 1.82) is 0 Å². The van der Waals surface area contributed by atoms with Gasteiger partial charge in [0.25, 0.3) is 0 Å². The minimum Gasteiger partial charge on any atom is -0.398 e. The van der Waals surface area contributed by atoms with Gasteiger partial charge in [0.2, 0.25) is 0 Å². The first kappa shape index (κ1) is 13.7. The fraction of sp³-hybridized carbons (Fsp3) is 0.462. The number of aryl methyl sites for hydroxylation is 1. The van der Waals surface area contributed by atoms with Crippen molar-refractivity contribution in [2.45, 2.75) is 32.5 Å². The standard InChI is InChI=1S/C13H15F3N2O/c1-2-8-5-9-3-4-18(12(19)13(14,15)16)7-10(9)6-11(8)17/h5-6H,2-4,7,17H2,1H3. The van der Waals surface area contributed by atoms with E-state index in [4.69, 9.17) is 5.73 Å². The van der Waals surface area contributed by atoms with E-state index in [9.17, 15) is 18.0 Å². The zero-order valence-electron chi connectivity index (χ0n) is 10.5. The molecule has 0 fully saturated rings. The summed E-state index contributed by atoms with van der Waals surface area (Å²) in [5, 5.41) is 0. The quantitative estimate of drug-likeness (QED) is 0.797. The van der Waals surface area contributed by atoms with E-state index >= 15 is 0 Å². The lowest BCUT2D eigenvalue weighted by atomic mass is 9.95. The second-order valence-corrected chi connectivity index (χ2v) is 4.65. The summed E-state index contributed by atoms with van der Waals surface area (Å²) < 4.78 is 37.2. The molecule has 1 aromatic carbocycles. The van der Waals surface area contributed by atoms with Gasteiger partial charge in [0, 0.05) is 18.8 Å². The van der Waals surface area contributed by atoms with E-state index in [2.05, 4.69) is 0 Å². The minimum atomic E-state index is -4.81. The van der Waals surface area contributed by atoms with Crippen LogP contribution >= 0.6 is 0 Å². The van der Waals surface area contributed by atoms with Gasteiger partial charge in [-0.15, -0.1) is 0 Å². The Hall–Kier alpha value is -1.72. The second-order valence-electron chi connectivity index (χ2n) is 4.65. The van der Waals surface area contributed by atoms with Crippen LogP contribution in [-0.4, -0.2) is 23.5 Å². The van der Waals surface area contributed by atoms with Crippen molar-refractivity contribution in [3.8, 4) is 0 Å². The third kappa shape index (κ3) is 2.67. The van der Waals surface area contributed by atoms with Gasteiger partial charge in [-0.3, -0.25) is 4.79 Å². The number of carbonyl (C=O) groups excluding carboxylic acids is 1. The van der Waals surface area contributed by atoms with Crippen LogP contribution in [0.3, 0.4) is 0 Å². The largest absolute Gasteiger partial charge is 0.471 e. The molecule has 0 unspecified atom stereocenters. The highest BCUT2D eigenvalue weighted by Crippen LogP contribution is 2.28. The lowest BCUT2D eigenvalue weighted by Gasteiger charge is -2.30. The van der Waals surface area contributed by atoms with Gasteiger partial charge in [0.05, 0.1) is 0 Å². The number of halogens is 3. The molecule has 0 saturated carbocycles. The van der Waals surface area contributed by atoms with Crippen LogP contribution in [0.1, 0.15) is 23.6 Å². The van der Waals surface area contributed by atoms with E-state index < -0.39 is 12.1 Å². The number of anilines is 1. The summed E-state index contributed by atoms with van der Waals surface area (Å²) in [6, 6.07) is 3.62. The first-order valence-electron chi connectivity index (χ1n) is 6.09. The van der Waals surface area contributed by atoms with E-state index in [1.54, 1.807) is 6.07 Å². The highest BCUT2D eigenvalue weighted by Gasteiger charge is 2.43. The highest BCUT2D eigenvalue weighted by atomic mass is 19.4. The molecule has 0 atom stereocenters. The molecule has 6 heteroatoms. The van der Waals surface area contributed by atoms with Crippen LogP contribution in [-0.2, 0) is 24.2 Å². The van der Waals surface area contributed by atoms with Gasteiger partial charge < -0.3 is 10.6 Å². The topological polar surface area (TPSA) is 46.3 Å². The van der Waals surface area contributed by atoms with Crippen molar-refractivity contribution in [3.63, 3.8) is 0 Å². The number of rotatable bonds is 1. The zero-order chi connectivity index (χ0) is 14.2. The summed E-state index contributed by atoms with van der Waals surface area (Å²) in [6.07, 6.45) is -3.60. The Bertz CT molecular complexity index is 511. The SMILES string of the molecule is CCc1cc2c(cc1N)CN(C(=O)C(F)(F)F)CC2. The van der Waals surface area contributed by atoms with Crippen LogP contribution in [0, 0.1) is 0 Å². The molecule has 0 saturated heterocycles. The number of nitrogens with two attached hydrogens (primary N) is 1. The van der Waals surface area contributed by atoms with Gasteiger partial charge in [-0.1, -0.05) is 13.0 Å². The highest BCUT2D eigenvalue weighted by molar-refractivity contribution is 5.82. The van der Waals surface area contributed by atoms with Crippen LogP contribution in [0.25, 0.3) is 0 Å². The maximum Gasteiger partial charge on any atom is 0.471 e. The number of fused-ring (bicyclic) bond motifs is 1. The van der Waals surface area contributed by atoms with Crippen LogP contribution in [0.2, 0.25) is 0 Å². The Labute approximate surface area is 109 Å². The lowest BCUT2D eigenvalue weighted by Crippen LogP contribution is -2.43. The van der Waals surface area contributed by atoms with Crippen molar-refractivity contribution in [2.75, 3.05) is 12.3 Å². The third-order valence-electron chi connectivity index (χ3n) is 3.38. The third-order valence-corrected chi connectivity index (χ3v) is 3.38. The van der Waals surface area contributed by atoms with Crippen molar-refractivity contribution in [1.82, 2.24) is 4.90 Å². The molecule has 104 valence electrons. The molecule has 2 rings (SSSR count). The van der Waals surface area contributed by atoms with Crippen molar-refractivity contribution in [3.05, 3.63) is 28.8 Å². The van der Waals surface area contributed by atoms with Gasteiger partial charge >= 0.3 is 12.1 Å². The van der Waals surface area contributed by atoms with E-state index in [1.807, 2.05) is 13.0 Å². The summed E-state index contributed by atoms with van der Waals surface area (Å²) in [5.41, 5.74) is 9.09. The molecular weight excluding hydrogens is 257 g/mol. The Morgan fingerprint density at radius 1 is 1.37 bits per heavy atom. The number of amides is 1. The predicted octanol–water partition coefficient (Wildman–Crippen LogP) is 2.28. The molecule has 0 aliphatic carbocycles. The van der Waals surface area contributed by atoms with Gasteiger partial charge in [-0.25, -0.2) is 0 Å².